The van der Waals surface area contributed by atoms with Crippen LogP contribution in [-0.2, 0) is 0 Å². The summed E-state index contributed by atoms with van der Waals surface area (Å²) in [4.78, 5) is 22.6. The fourth-order valence-electron chi connectivity index (χ4n) is 2.29. The van der Waals surface area contributed by atoms with Crippen molar-refractivity contribution in [2.45, 2.75) is 12.8 Å². The van der Waals surface area contributed by atoms with Gasteiger partial charge in [0.15, 0.2) is 0 Å². The maximum Gasteiger partial charge on any atom is 0.255 e. The molecule has 0 atom stereocenters. The van der Waals surface area contributed by atoms with E-state index in [0.29, 0.717) is 5.56 Å². The average molecular weight is 253 g/mol. The van der Waals surface area contributed by atoms with Gasteiger partial charge in [0.25, 0.3) is 5.91 Å². The summed E-state index contributed by atoms with van der Waals surface area (Å²) in [5.41, 5.74) is 2.27. The van der Waals surface area contributed by atoms with E-state index >= 15 is 0 Å². The summed E-state index contributed by atoms with van der Waals surface area (Å²) in [6, 6.07) is 9.38. The van der Waals surface area contributed by atoms with E-state index in [2.05, 4.69) is 9.97 Å². The van der Waals surface area contributed by atoms with Gasteiger partial charge in [0.05, 0.1) is 17.0 Å². The molecule has 19 heavy (non-hydrogen) atoms. The number of rotatable bonds is 2. The van der Waals surface area contributed by atoms with E-state index in [4.69, 9.17) is 0 Å². The van der Waals surface area contributed by atoms with E-state index in [1.165, 1.54) is 0 Å². The van der Waals surface area contributed by atoms with E-state index in [0.717, 1.165) is 37.3 Å². The standard InChI is InChI=1S/C15H15N3O/c19-15(18-9-3-4-10-18)12-6-7-14(17-11-12)13-5-1-2-8-16-13/h1-2,5-8,11H,3-4,9-10H2. The topological polar surface area (TPSA) is 46.1 Å². The molecular formula is C15H15N3O. The fourth-order valence-corrected chi connectivity index (χ4v) is 2.29. The van der Waals surface area contributed by atoms with Crippen molar-refractivity contribution < 1.29 is 4.79 Å². The van der Waals surface area contributed by atoms with Gasteiger partial charge in [-0.2, -0.15) is 0 Å². The third kappa shape index (κ3) is 2.47. The van der Waals surface area contributed by atoms with Crippen molar-refractivity contribution in [3.05, 3.63) is 48.3 Å². The normalized spacial score (nSPS) is 14.6. The van der Waals surface area contributed by atoms with Gasteiger partial charge in [0.1, 0.15) is 0 Å². The van der Waals surface area contributed by atoms with Gasteiger partial charge in [-0.05, 0) is 37.1 Å². The summed E-state index contributed by atoms with van der Waals surface area (Å²) >= 11 is 0. The summed E-state index contributed by atoms with van der Waals surface area (Å²) in [7, 11) is 0. The van der Waals surface area contributed by atoms with Crippen LogP contribution in [-0.4, -0.2) is 33.9 Å². The highest BCUT2D eigenvalue weighted by atomic mass is 16.2. The lowest BCUT2D eigenvalue weighted by atomic mass is 10.2. The molecule has 1 aliphatic rings. The van der Waals surface area contributed by atoms with Crippen LogP contribution in [0.15, 0.2) is 42.7 Å². The monoisotopic (exact) mass is 253 g/mol. The Morgan fingerprint density at radius 1 is 1.00 bits per heavy atom. The minimum absolute atomic E-state index is 0.0811. The van der Waals surface area contributed by atoms with E-state index in [9.17, 15) is 4.79 Å². The Morgan fingerprint density at radius 3 is 2.42 bits per heavy atom. The minimum atomic E-state index is 0.0811. The SMILES string of the molecule is O=C(c1ccc(-c2ccccn2)nc1)N1CCCC1. The van der Waals surface area contributed by atoms with Crippen molar-refractivity contribution in [3.8, 4) is 11.4 Å². The van der Waals surface area contributed by atoms with E-state index in [-0.39, 0.29) is 5.91 Å². The third-order valence-corrected chi connectivity index (χ3v) is 3.33. The molecule has 1 aliphatic heterocycles. The summed E-state index contributed by atoms with van der Waals surface area (Å²) in [6.07, 6.45) is 5.58. The second-order valence-corrected chi connectivity index (χ2v) is 4.65. The van der Waals surface area contributed by atoms with Crippen molar-refractivity contribution in [3.63, 3.8) is 0 Å². The first-order valence-corrected chi connectivity index (χ1v) is 6.51. The predicted octanol–water partition coefficient (Wildman–Crippen LogP) is 2.38. The quantitative estimate of drug-likeness (QED) is 0.825. The van der Waals surface area contributed by atoms with Crippen LogP contribution in [0.5, 0.6) is 0 Å². The lowest BCUT2D eigenvalue weighted by molar-refractivity contribution is 0.0792. The number of hydrogen-bond donors (Lipinski definition) is 0. The maximum atomic E-state index is 12.2. The molecule has 4 heteroatoms. The van der Waals surface area contributed by atoms with Gasteiger partial charge in [0.2, 0.25) is 0 Å². The first-order chi connectivity index (χ1) is 9.34. The molecule has 3 heterocycles. The Hall–Kier alpha value is -2.23. The molecule has 1 amide bonds. The van der Waals surface area contributed by atoms with E-state index in [1.54, 1.807) is 12.4 Å². The van der Waals surface area contributed by atoms with Crippen molar-refractivity contribution >= 4 is 5.91 Å². The first-order valence-electron chi connectivity index (χ1n) is 6.51. The largest absolute Gasteiger partial charge is 0.339 e. The molecule has 0 radical (unpaired) electrons. The van der Waals surface area contributed by atoms with Gasteiger partial charge in [-0.25, -0.2) is 0 Å². The van der Waals surface area contributed by atoms with Gasteiger partial charge >= 0.3 is 0 Å². The molecule has 0 unspecified atom stereocenters. The molecule has 0 N–H and O–H groups in total. The summed E-state index contributed by atoms with van der Waals surface area (Å²) in [5, 5.41) is 0. The Labute approximate surface area is 112 Å². The van der Waals surface area contributed by atoms with Crippen LogP contribution in [0, 0.1) is 0 Å². The van der Waals surface area contributed by atoms with Crippen LogP contribution < -0.4 is 0 Å². The molecule has 1 fully saturated rings. The van der Waals surface area contributed by atoms with Gasteiger partial charge in [-0.1, -0.05) is 6.07 Å². The van der Waals surface area contributed by atoms with Crippen LogP contribution in [0.25, 0.3) is 11.4 Å². The zero-order valence-corrected chi connectivity index (χ0v) is 10.6. The number of hydrogen-bond acceptors (Lipinski definition) is 3. The Morgan fingerprint density at radius 2 is 1.79 bits per heavy atom. The molecule has 2 aromatic heterocycles. The fraction of sp³-hybridized carbons (Fsp3) is 0.267. The van der Waals surface area contributed by atoms with Gasteiger partial charge in [0, 0.05) is 25.5 Å². The summed E-state index contributed by atoms with van der Waals surface area (Å²) in [5.74, 6) is 0.0811. The Balaban J connectivity index is 1.81. The van der Waals surface area contributed by atoms with Crippen LogP contribution in [0.4, 0.5) is 0 Å². The smallest absolute Gasteiger partial charge is 0.255 e. The van der Waals surface area contributed by atoms with Crippen LogP contribution in [0.2, 0.25) is 0 Å². The van der Waals surface area contributed by atoms with Crippen LogP contribution >= 0.6 is 0 Å². The molecule has 0 aliphatic carbocycles. The summed E-state index contributed by atoms with van der Waals surface area (Å²) in [6.45, 7) is 1.72. The van der Waals surface area contributed by atoms with Gasteiger partial charge < -0.3 is 4.90 Å². The molecule has 2 aromatic rings. The third-order valence-electron chi connectivity index (χ3n) is 3.33. The Kier molecular flexibility index (Phi) is 3.23. The zero-order chi connectivity index (χ0) is 13.1. The number of pyridine rings is 2. The predicted molar refractivity (Wildman–Crippen MR) is 72.6 cm³/mol. The molecular weight excluding hydrogens is 238 g/mol. The number of likely N-dealkylation sites (tertiary alicyclic amines) is 1. The number of carbonyl (C=O) groups excluding carboxylic acids is 1. The van der Waals surface area contributed by atoms with Crippen LogP contribution in [0.1, 0.15) is 23.2 Å². The number of carbonyl (C=O) groups is 1. The Bertz CT molecular complexity index is 560. The number of aromatic nitrogens is 2. The first kappa shape index (κ1) is 11.8. The molecule has 0 aromatic carbocycles. The van der Waals surface area contributed by atoms with Crippen molar-refractivity contribution in [2.75, 3.05) is 13.1 Å². The molecule has 0 bridgehead atoms. The molecule has 96 valence electrons. The molecule has 4 nitrogen and oxygen atoms in total. The van der Waals surface area contributed by atoms with E-state index < -0.39 is 0 Å². The van der Waals surface area contributed by atoms with Crippen molar-refractivity contribution in [1.82, 2.24) is 14.9 Å². The zero-order valence-electron chi connectivity index (χ0n) is 10.6. The summed E-state index contributed by atoms with van der Waals surface area (Å²) < 4.78 is 0. The number of amides is 1. The second-order valence-electron chi connectivity index (χ2n) is 4.65. The molecule has 1 saturated heterocycles. The van der Waals surface area contributed by atoms with E-state index in [1.807, 2.05) is 35.2 Å². The average Bonchev–Trinajstić information content (AvgIpc) is 3.02. The highest BCUT2D eigenvalue weighted by Gasteiger charge is 2.19. The van der Waals surface area contributed by atoms with Gasteiger partial charge in [-0.15, -0.1) is 0 Å². The molecule has 3 rings (SSSR count). The van der Waals surface area contributed by atoms with Crippen molar-refractivity contribution in [2.24, 2.45) is 0 Å². The molecule has 0 saturated carbocycles. The highest BCUT2D eigenvalue weighted by molar-refractivity contribution is 5.94. The highest BCUT2D eigenvalue weighted by Crippen LogP contribution is 2.16. The second kappa shape index (κ2) is 5.18. The lowest BCUT2D eigenvalue weighted by Gasteiger charge is -2.14. The van der Waals surface area contributed by atoms with Crippen molar-refractivity contribution in [1.29, 1.82) is 0 Å². The minimum Gasteiger partial charge on any atom is -0.339 e. The number of nitrogens with zero attached hydrogens (tertiary/aromatic N) is 3. The van der Waals surface area contributed by atoms with Crippen LogP contribution in [0.3, 0.4) is 0 Å². The lowest BCUT2D eigenvalue weighted by Crippen LogP contribution is -2.27. The maximum absolute atomic E-state index is 12.2. The molecule has 0 spiro atoms. The van der Waals surface area contributed by atoms with Gasteiger partial charge in [-0.3, -0.25) is 14.8 Å².